The van der Waals surface area contributed by atoms with Crippen LogP contribution in [-0.2, 0) is 17.8 Å². The van der Waals surface area contributed by atoms with Crippen molar-refractivity contribution in [3.8, 4) is 0 Å². The third kappa shape index (κ3) is 4.23. The predicted octanol–water partition coefficient (Wildman–Crippen LogP) is 1.45. The first-order valence-electron chi connectivity index (χ1n) is 8.40. The fourth-order valence-electron chi connectivity index (χ4n) is 3.17. The first kappa shape index (κ1) is 15.8. The van der Waals surface area contributed by atoms with Crippen LogP contribution in [0.2, 0.25) is 0 Å². The molecular formula is C19H25N2O2+. The molecule has 1 aromatic carbocycles. The molecule has 0 bridgehead atoms. The Balaban J connectivity index is 1.44. The van der Waals surface area contributed by atoms with Crippen molar-refractivity contribution in [2.75, 3.05) is 26.2 Å². The van der Waals surface area contributed by atoms with Crippen molar-refractivity contribution >= 4 is 5.91 Å². The van der Waals surface area contributed by atoms with Gasteiger partial charge in [-0.15, -0.1) is 0 Å². The van der Waals surface area contributed by atoms with E-state index in [1.54, 1.807) is 11.2 Å². The molecule has 0 radical (unpaired) electrons. The summed E-state index contributed by atoms with van der Waals surface area (Å²) in [6, 6.07) is 12.4. The highest BCUT2D eigenvalue weighted by Gasteiger charge is 2.23. The molecule has 1 aliphatic heterocycles. The Bertz CT molecular complexity index is 629. The highest BCUT2D eigenvalue weighted by atomic mass is 16.3. The lowest BCUT2D eigenvalue weighted by molar-refractivity contribution is -0.917. The predicted molar refractivity (Wildman–Crippen MR) is 89.2 cm³/mol. The van der Waals surface area contributed by atoms with Crippen LogP contribution in [0.15, 0.2) is 47.1 Å². The van der Waals surface area contributed by atoms with E-state index >= 15 is 0 Å². The molecule has 2 aromatic rings. The number of nitrogens with one attached hydrogen (secondary N) is 1. The van der Waals surface area contributed by atoms with Crippen LogP contribution in [0.1, 0.15) is 23.3 Å². The number of benzene rings is 1. The van der Waals surface area contributed by atoms with Gasteiger partial charge >= 0.3 is 0 Å². The van der Waals surface area contributed by atoms with Gasteiger partial charge in [0.25, 0.3) is 0 Å². The minimum absolute atomic E-state index is 0.247. The number of carbonyl (C=O) groups excluding carboxylic acids is 1. The van der Waals surface area contributed by atoms with Crippen LogP contribution in [0, 0.1) is 6.92 Å². The molecule has 0 atom stereocenters. The number of aryl methyl sites for hydroxylation is 2. The molecule has 1 N–H and O–H groups in total. The zero-order chi connectivity index (χ0) is 16.1. The van der Waals surface area contributed by atoms with E-state index in [0.29, 0.717) is 12.8 Å². The summed E-state index contributed by atoms with van der Waals surface area (Å²) >= 11 is 0. The van der Waals surface area contributed by atoms with Gasteiger partial charge in [-0.1, -0.05) is 24.3 Å². The van der Waals surface area contributed by atoms with Crippen molar-refractivity contribution in [3.63, 3.8) is 0 Å². The fourth-order valence-corrected chi connectivity index (χ4v) is 3.17. The van der Waals surface area contributed by atoms with Crippen LogP contribution < -0.4 is 4.90 Å². The molecular weight excluding hydrogens is 288 g/mol. The van der Waals surface area contributed by atoms with E-state index in [0.717, 1.165) is 38.5 Å². The second kappa shape index (κ2) is 7.47. The highest BCUT2D eigenvalue weighted by Crippen LogP contribution is 2.07. The van der Waals surface area contributed by atoms with Crippen LogP contribution in [0.3, 0.4) is 0 Å². The molecule has 122 valence electrons. The lowest BCUT2D eigenvalue weighted by Gasteiger charge is -2.32. The summed E-state index contributed by atoms with van der Waals surface area (Å²) in [6.45, 7) is 7.00. The van der Waals surface area contributed by atoms with Gasteiger partial charge in [-0.3, -0.25) is 4.79 Å². The number of amides is 1. The maximum absolute atomic E-state index is 12.3. The number of rotatable bonds is 5. The van der Waals surface area contributed by atoms with Gasteiger partial charge in [0.1, 0.15) is 12.3 Å². The largest absolute Gasteiger partial charge is 0.469 e. The van der Waals surface area contributed by atoms with Gasteiger partial charge in [-0.05, 0) is 24.6 Å². The minimum Gasteiger partial charge on any atom is -0.469 e. The summed E-state index contributed by atoms with van der Waals surface area (Å²) < 4.78 is 5.29. The zero-order valence-corrected chi connectivity index (χ0v) is 13.8. The summed E-state index contributed by atoms with van der Waals surface area (Å²) in [5.41, 5.74) is 2.78. The summed E-state index contributed by atoms with van der Waals surface area (Å²) in [6.07, 6.45) is 2.90. The van der Waals surface area contributed by atoms with E-state index in [1.165, 1.54) is 11.1 Å². The minimum atomic E-state index is 0.247. The van der Waals surface area contributed by atoms with Crippen LogP contribution in [0.25, 0.3) is 0 Å². The summed E-state index contributed by atoms with van der Waals surface area (Å²) in [5.74, 6) is 1.14. The SMILES string of the molecule is Cc1ccccc1C[NH+]1CCN(C(=O)CCc2ccco2)CC1. The van der Waals surface area contributed by atoms with Crippen molar-refractivity contribution in [1.29, 1.82) is 0 Å². The fraction of sp³-hybridized carbons (Fsp3) is 0.421. The normalized spacial score (nSPS) is 15.8. The monoisotopic (exact) mass is 313 g/mol. The van der Waals surface area contributed by atoms with E-state index in [-0.39, 0.29) is 5.91 Å². The number of hydrogen-bond acceptors (Lipinski definition) is 2. The third-order valence-corrected chi connectivity index (χ3v) is 4.69. The van der Waals surface area contributed by atoms with Crippen molar-refractivity contribution in [1.82, 2.24) is 4.90 Å². The zero-order valence-electron chi connectivity index (χ0n) is 13.8. The van der Waals surface area contributed by atoms with Gasteiger partial charge in [0.2, 0.25) is 5.91 Å². The van der Waals surface area contributed by atoms with Gasteiger partial charge in [0.05, 0.1) is 32.4 Å². The summed E-state index contributed by atoms with van der Waals surface area (Å²) in [5, 5.41) is 0. The highest BCUT2D eigenvalue weighted by molar-refractivity contribution is 5.76. The number of piperazine rings is 1. The summed E-state index contributed by atoms with van der Waals surface area (Å²) in [4.78, 5) is 15.9. The Morgan fingerprint density at radius 1 is 1.17 bits per heavy atom. The maximum atomic E-state index is 12.3. The van der Waals surface area contributed by atoms with Gasteiger partial charge in [0.15, 0.2) is 0 Å². The van der Waals surface area contributed by atoms with Crippen LogP contribution in [-0.4, -0.2) is 37.0 Å². The number of hydrogen-bond donors (Lipinski definition) is 1. The molecule has 3 rings (SSSR count). The smallest absolute Gasteiger partial charge is 0.223 e. The van der Waals surface area contributed by atoms with Gasteiger partial charge < -0.3 is 14.2 Å². The molecule has 1 fully saturated rings. The Hall–Kier alpha value is -2.07. The number of carbonyl (C=O) groups is 1. The first-order valence-corrected chi connectivity index (χ1v) is 8.40. The molecule has 2 heterocycles. The van der Waals surface area contributed by atoms with E-state index in [9.17, 15) is 4.79 Å². The molecule has 4 nitrogen and oxygen atoms in total. The Labute approximate surface area is 137 Å². The average molecular weight is 313 g/mol. The molecule has 1 saturated heterocycles. The molecule has 0 aliphatic carbocycles. The second-order valence-corrected chi connectivity index (χ2v) is 6.31. The lowest BCUT2D eigenvalue weighted by atomic mass is 10.1. The quantitative estimate of drug-likeness (QED) is 0.907. The van der Waals surface area contributed by atoms with Crippen LogP contribution in [0.4, 0.5) is 0 Å². The summed E-state index contributed by atoms with van der Waals surface area (Å²) in [7, 11) is 0. The average Bonchev–Trinajstić information content (AvgIpc) is 3.09. The van der Waals surface area contributed by atoms with Crippen molar-refractivity contribution in [2.45, 2.75) is 26.3 Å². The topological polar surface area (TPSA) is 37.9 Å². The lowest BCUT2D eigenvalue weighted by Crippen LogP contribution is -3.13. The third-order valence-electron chi connectivity index (χ3n) is 4.69. The van der Waals surface area contributed by atoms with E-state index in [1.807, 2.05) is 17.0 Å². The maximum Gasteiger partial charge on any atom is 0.223 e. The van der Waals surface area contributed by atoms with Crippen LogP contribution >= 0.6 is 0 Å². The van der Waals surface area contributed by atoms with Crippen LogP contribution in [0.5, 0.6) is 0 Å². The van der Waals surface area contributed by atoms with E-state index < -0.39 is 0 Å². The molecule has 4 heteroatoms. The van der Waals surface area contributed by atoms with Gasteiger partial charge in [0, 0.05) is 18.4 Å². The van der Waals surface area contributed by atoms with E-state index in [2.05, 4.69) is 31.2 Å². The first-order chi connectivity index (χ1) is 11.2. The van der Waals surface area contributed by atoms with Crippen molar-refractivity contribution in [2.24, 2.45) is 0 Å². The van der Waals surface area contributed by atoms with Crippen molar-refractivity contribution < 1.29 is 14.1 Å². The number of quaternary nitrogens is 1. The molecule has 1 aliphatic rings. The molecule has 1 aromatic heterocycles. The van der Waals surface area contributed by atoms with E-state index in [4.69, 9.17) is 4.42 Å². The molecule has 0 saturated carbocycles. The van der Waals surface area contributed by atoms with Gasteiger partial charge in [-0.25, -0.2) is 0 Å². The van der Waals surface area contributed by atoms with Gasteiger partial charge in [-0.2, -0.15) is 0 Å². The number of nitrogens with zero attached hydrogens (tertiary/aromatic N) is 1. The van der Waals surface area contributed by atoms with Crippen molar-refractivity contribution in [3.05, 3.63) is 59.5 Å². The molecule has 0 spiro atoms. The number of furan rings is 1. The molecule has 1 amide bonds. The molecule has 0 unspecified atom stereocenters. The standard InChI is InChI=1S/C19H24N2O2/c1-16-5-2-3-6-17(16)15-20-10-12-21(13-11-20)19(22)9-8-18-7-4-14-23-18/h2-7,14H,8-13,15H2,1H3/p+1. The Morgan fingerprint density at radius 2 is 1.96 bits per heavy atom. The second-order valence-electron chi connectivity index (χ2n) is 6.31. The Morgan fingerprint density at radius 3 is 2.65 bits per heavy atom. The molecule has 23 heavy (non-hydrogen) atoms. The Kier molecular flexibility index (Phi) is 5.13.